The highest BCUT2D eigenvalue weighted by Crippen LogP contribution is 2.36. The third-order valence-electron chi connectivity index (χ3n) is 7.37. The number of hydrogen-bond acceptors (Lipinski definition) is 6. The van der Waals surface area contributed by atoms with Crippen molar-refractivity contribution in [2.24, 2.45) is 11.8 Å². The summed E-state index contributed by atoms with van der Waals surface area (Å²) in [6.45, 7) is 3.75. The highest BCUT2D eigenvalue weighted by atomic mass is 35.5. The van der Waals surface area contributed by atoms with Gasteiger partial charge in [-0.05, 0) is 26.0 Å². The molecule has 218 valence electrons. The quantitative estimate of drug-likeness (QED) is 0.223. The van der Waals surface area contributed by atoms with E-state index in [2.05, 4.69) is 37.2 Å². The second-order valence-corrected chi connectivity index (χ2v) is 10.5. The van der Waals surface area contributed by atoms with Gasteiger partial charge in [-0.15, -0.1) is 0 Å². The summed E-state index contributed by atoms with van der Waals surface area (Å²) < 4.78 is 58.5. The van der Waals surface area contributed by atoms with Crippen LogP contribution in [-0.4, -0.2) is 43.1 Å². The van der Waals surface area contributed by atoms with Gasteiger partial charge in [-0.2, -0.15) is 5.10 Å². The Morgan fingerprint density at radius 2 is 1.93 bits per heavy atom. The van der Waals surface area contributed by atoms with E-state index in [1.807, 2.05) is 0 Å². The molecule has 9 nitrogen and oxygen atoms in total. The Kier molecular flexibility index (Phi) is 7.09. The summed E-state index contributed by atoms with van der Waals surface area (Å²) in [5.74, 6) is 2.37. The fourth-order valence-corrected chi connectivity index (χ4v) is 5.22. The average Bonchev–Trinajstić information content (AvgIpc) is 3.51. The van der Waals surface area contributed by atoms with Gasteiger partial charge in [0.25, 0.3) is 12.3 Å². The van der Waals surface area contributed by atoms with Gasteiger partial charge < -0.3 is 5.32 Å². The van der Waals surface area contributed by atoms with Gasteiger partial charge in [-0.1, -0.05) is 29.5 Å². The summed E-state index contributed by atoms with van der Waals surface area (Å²) in [5, 5.41) is 6.45. The number of amides is 2. The maximum absolute atomic E-state index is 15.2. The summed E-state index contributed by atoms with van der Waals surface area (Å²) in [4.78, 5) is 39.1. The maximum atomic E-state index is 15.2. The summed E-state index contributed by atoms with van der Waals surface area (Å²) in [5.41, 5.74) is -0.532. The van der Waals surface area contributed by atoms with Gasteiger partial charge in [0.1, 0.15) is 11.6 Å². The molecule has 0 saturated carbocycles. The molecule has 2 aliphatic rings. The lowest BCUT2D eigenvalue weighted by Crippen LogP contribution is -2.29. The van der Waals surface area contributed by atoms with Gasteiger partial charge in [0.15, 0.2) is 17.5 Å². The van der Waals surface area contributed by atoms with Crippen LogP contribution in [-0.2, 0) is 4.79 Å². The molecule has 14 heteroatoms. The molecule has 0 spiro atoms. The highest BCUT2D eigenvalue weighted by molar-refractivity contribution is 6.31. The molecule has 3 atom stereocenters. The topological polar surface area (TPSA) is 106 Å². The Morgan fingerprint density at radius 3 is 2.60 bits per heavy atom. The van der Waals surface area contributed by atoms with E-state index in [-0.39, 0.29) is 39.7 Å². The number of halogens is 5. The van der Waals surface area contributed by atoms with Crippen LogP contribution in [0.3, 0.4) is 0 Å². The van der Waals surface area contributed by atoms with Crippen LogP contribution in [0.25, 0.3) is 11.3 Å². The van der Waals surface area contributed by atoms with Crippen LogP contribution in [0.5, 0.6) is 0 Å². The smallest absolute Gasteiger partial charge is 0.275 e. The van der Waals surface area contributed by atoms with Crippen LogP contribution in [0.1, 0.15) is 46.7 Å². The van der Waals surface area contributed by atoms with E-state index < -0.39 is 47.1 Å². The molecule has 43 heavy (non-hydrogen) atoms. The van der Waals surface area contributed by atoms with E-state index in [0.29, 0.717) is 17.8 Å². The standard InChI is InChI=1S/C29H20ClF4N7O2/c1-13-19(7-21(31)27(37-13)40-11-15-3-4-17(15)29(40)43)14(2)41-12-16(8-36-41)38-28(42)23-10-35-9-22(39-23)24-18(26(33)34)5-6-20(30)25(24)32/h5-10,12,14-15,17,26H,11H2,1-2H3,(H,38,42)/t14-,15+,17+/m0/s1. The number of aryl methyl sites for hydroxylation is 1. The van der Waals surface area contributed by atoms with Crippen molar-refractivity contribution in [1.82, 2.24) is 24.7 Å². The first-order valence-electron chi connectivity index (χ1n) is 13.0. The predicted molar refractivity (Wildman–Crippen MR) is 147 cm³/mol. The Morgan fingerprint density at radius 1 is 1.14 bits per heavy atom. The average molecular weight is 610 g/mol. The molecule has 1 N–H and O–H groups in total. The SMILES string of the molecule is Cc1nc(N2C[C@H]3C#C[C@H]3C2=O)c(F)cc1[C@H](C)n1cc(NC(=O)c2cncc(-c3c(C(F)F)ccc(Cl)c3F)n2)cn1. The fourth-order valence-electron chi connectivity index (χ4n) is 5.06. The highest BCUT2D eigenvalue weighted by Gasteiger charge is 2.44. The Labute approximate surface area is 246 Å². The molecular weight excluding hydrogens is 590 g/mol. The van der Waals surface area contributed by atoms with Gasteiger partial charge in [-0.3, -0.25) is 24.2 Å². The second-order valence-electron chi connectivity index (χ2n) is 10.0. The number of anilines is 2. The lowest BCUT2D eigenvalue weighted by Gasteiger charge is -2.20. The van der Waals surface area contributed by atoms with Crippen LogP contribution < -0.4 is 10.2 Å². The van der Waals surface area contributed by atoms with Gasteiger partial charge in [0.05, 0.1) is 47.0 Å². The summed E-state index contributed by atoms with van der Waals surface area (Å²) >= 11 is 5.79. The Balaban J connectivity index is 1.20. The van der Waals surface area contributed by atoms with Crippen LogP contribution in [0.2, 0.25) is 5.02 Å². The molecule has 6 rings (SSSR count). The molecule has 0 unspecified atom stereocenters. The van der Waals surface area contributed by atoms with E-state index >= 15 is 4.39 Å². The molecule has 3 aromatic heterocycles. The van der Waals surface area contributed by atoms with Crippen LogP contribution in [0, 0.1) is 42.2 Å². The Bertz CT molecular complexity index is 1870. The van der Waals surface area contributed by atoms with E-state index in [0.717, 1.165) is 24.5 Å². The third kappa shape index (κ3) is 4.97. The molecule has 1 fully saturated rings. The molecule has 2 amide bonds. The molecule has 0 radical (unpaired) electrons. The van der Waals surface area contributed by atoms with Gasteiger partial charge in [0.2, 0.25) is 5.91 Å². The van der Waals surface area contributed by atoms with Crippen molar-refractivity contribution < 1.29 is 27.2 Å². The molecule has 1 aliphatic heterocycles. The van der Waals surface area contributed by atoms with Gasteiger partial charge in [-0.25, -0.2) is 27.5 Å². The van der Waals surface area contributed by atoms with Crippen molar-refractivity contribution in [3.63, 3.8) is 0 Å². The number of rotatable bonds is 7. The number of fused-ring (bicyclic) bond motifs is 1. The number of benzene rings is 1. The molecular formula is C29H20ClF4N7O2. The molecule has 0 bridgehead atoms. The van der Waals surface area contributed by atoms with E-state index in [1.165, 1.54) is 28.0 Å². The minimum absolute atomic E-state index is 0.0495. The number of carbonyl (C=O) groups excluding carboxylic acids is 2. The minimum atomic E-state index is -3.02. The number of carbonyl (C=O) groups is 2. The molecule has 1 aromatic carbocycles. The monoisotopic (exact) mass is 609 g/mol. The first-order valence-corrected chi connectivity index (χ1v) is 13.3. The van der Waals surface area contributed by atoms with E-state index in [9.17, 15) is 22.8 Å². The Hall–Kier alpha value is -4.83. The summed E-state index contributed by atoms with van der Waals surface area (Å²) in [6.07, 6.45) is 1.97. The maximum Gasteiger partial charge on any atom is 0.275 e. The number of nitrogens with zero attached hydrogens (tertiary/aromatic N) is 6. The summed E-state index contributed by atoms with van der Waals surface area (Å²) in [6, 6.07) is 2.78. The lowest BCUT2D eigenvalue weighted by atomic mass is 9.89. The van der Waals surface area contributed by atoms with E-state index in [4.69, 9.17) is 11.6 Å². The van der Waals surface area contributed by atoms with E-state index in [1.54, 1.807) is 13.8 Å². The van der Waals surface area contributed by atoms with Gasteiger partial charge in [0, 0.05) is 35.1 Å². The molecule has 4 heterocycles. The number of pyridine rings is 1. The first kappa shape index (κ1) is 28.3. The van der Waals surface area contributed by atoms with Crippen LogP contribution in [0.4, 0.5) is 29.1 Å². The van der Waals surface area contributed by atoms with Crippen molar-refractivity contribution >= 4 is 34.9 Å². The third-order valence-corrected chi connectivity index (χ3v) is 7.66. The first-order chi connectivity index (χ1) is 20.5. The number of hydrogen-bond donors (Lipinski definition) is 1. The van der Waals surface area contributed by atoms with Crippen molar-refractivity contribution in [1.29, 1.82) is 0 Å². The normalized spacial score (nSPS) is 17.8. The van der Waals surface area contributed by atoms with Crippen molar-refractivity contribution in [3.05, 3.63) is 82.2 Å². The van der Waals surface area contributed by atoms with Crippen LogP contribution >= 0.6 is 11.6 Å². The number of aromatic nitrogens is 5. The molecule has 1 aliphatic carbocycles. The second kappa shape index (κ2) is 10.8. The molecule has 1 saturated heterocycles. The fraction of sp³-hybridized carbons (Fsp3) is 0.241. The number of nitrogens with one attached hydrogen (secondary N) is 1. The summed E-state index contributed by atoms with van der Waals surface area (Å²) in [7, 11) is 0. The molecule has 4 aromatic rings. The minimum Gasteiger partial charge on any atom is -0.318 e. The zero-order valence-electron chi connectivity index (χ0n) is 22.4. The lowest BCUT2D eigenvalue weighted by molar-refractivity contribution is -0.119. The largest absolute Gasteiger partial charge is 0.318 e. The van der Waals surface area contributed by atoms with Crippen molar-refractivity contribution in [3.8, 4) is 23.1 Å². The predicted octanol–water partition coefficient (Wildman–Crippen LogP) is 5.37. The van der Waals surface area contributed by atoms with Crippen molar-refractivity contribution in [2.45, 2.75) is 26.3 Å². The zero-order valence-corrected chi connectivity index (χ0v) is 23.2. The van der Waals surface area contributed by atoms with Crippen molar-refractivity contribution in [2.75, 3.05) is 16.8 Å². The van der Waals surface area contributed by atoms with Crippen LogP contribution in [0.15, 0.2) is 43.0 Å². The number of alkyl halides is 2. The van der Waals surface area contributed by atoms with Gasteiger partial charge >= 0.3 is 0 Å². The zero-order chi connectivity index (χ0) is 30.6.